The number of amides is 1. The Labute approximate surface area is 207 Å². The molecule has 7 nitrogen and oxygen atoms in total. The first-order valence-electron chi connectivity index (χ1n) is 11.5. The molecule has 0 spiro atoms. The molecule has 0 heterocycles. The molecule has 3 aromatic carbocycles. The summed E-state index contributed by atoms with van der Waals surface area (Å²) in [7, 11) is -2.38. The minimum Gasteiger partial charge on any atom is -0.497 e. The number of rotatable bonds is 11. The number of nitrogens with one attached hydrogen (secondary N) is 2. The van der Waals surface area contributed by atoms with Gasteiger partial charge in [0.1, 0.15) is 17.5 Å². The molecule has 0 aliphatic heterocycles. The van der Waals surface area contributed by atoms with Gasteiger partial charge >= 0.3 is 0 Å². The van der Waals surface area contributed by atoms with Crippen molar-refractivity contribution < 1.29 is 22.7 Å². The van der Waals surface area contributed by atoms with Gasteiger partial charge in [-0.2, -0.15) is 4.72 Å². The van der Waals surface area contributed by atoms with Gasteiger partial charge in [-0.15, -0.1) is 0 Å². The van der Waals surface area contributed by atoms with Crippen LogP contribution in [0, 0.1) is 6.92 Å². The Kier molecular flexibility index (Phi) is 8.89. The highest BCUT2D eigenvalue weighted by molar-refractivity contribution is 7.89. The van der Waals surface area contributed by atoms with Crippen LogP contribution in [0.25, 0.3) is 0 Å². The second-order valence-corrected chi connectivity index (χ2v) is 9.94. The summed E-state index contributed by atoms with van der Waals surface area (Å²) >= 11 is 0. The van der Waals surface area contributed by atoms with Gasteiger partial charge in [0, 0.05) is 0 Å². The Bertz CT molecular complexity index is 1230. The first kappa shape index (κ1) is 26.2. The lowest BCUT2D eigenvalue weighted by atomic mass is 10.0. The Morgan fingerprint density at radius 1 is 1.00 bits per heavy atom. The van der Waals surface area contributed by atoms with Crippen LogP contribution >= 0.6 is 0 Å². The maximum Gasteiger partial charge on any atom is 0.241 e. The van der Waals surface area contributed by atoms with Crippen molar-refractivity contribution in [2.45, 2.75) is 44.2 Å². The van der Waals surface area contributed by atoms with Crippen LogP contribution in [-0.2, 0) is 21.2 Å². The molecule has 186 valence electrons. The summed E-state index contributed by atoms with van der Waals surface area (Å²) in [5.74, 6) is 0.925. The Balaban J connectivity index is 1.83. The monoisotopic (exact) mass is 496 g/mol. The third-order valence-electron chi connectivity index (χ3n) is 5.63. The van der Waals surface area contributed by atoms with E-state index in [2.05, 4.69) is 10.0 Å². The molecule has 3 aromatic rings. The first-order valence-corrected chi connectivity index (χ1v) is 13.0. The second-order valence-electron chi connectivity index (χ2n) is 8.23. The summed E-state index contributed by atoms with van der Waals surface area (Å²) in [5, 5.41) is 2.94. The van der Waals surface area contributed by atoms with Gasteiger partial charge in [0.05, 0.1) is 24.7 Å². The molecular formula is C27H32N2O5S. The highest BCUT2D eigenvalue weighted by atomic mass is 32.2. The van der Waals surface area contributed by atoms with Crippen molar-refractivity contribution in [1.82, 2.24) is 10.0 Å². The summed E-state index contributed by atoms with van der Waals surface area (Å²) in [6, 6.07) is 20.0. The van der Waals surface area contributed by atoms with E-state index in [1.54, 1.807) is 26.2 Å². The molecule has 0 saturated heterocycles. The van der Waals surface area contributed by atoms with Gasteiger partial charge in [-0.05, 0) is 74.2 Å². The summed E-state index contributed by atoms with van der Waals surface area (Å²) < 4.78 is 39.8. The molecule has 0 bridgehead atoms. The molecule has 1 amide bonds. The minimum absolute atomic E-state index is 0.0764. The number of sulfonamides is 1. The number of methoxy groups -OCH3 is 1. The predicted octanol–water partition coefficient (Wildman–Crippen LogP) is 4.17. The molecule has 0 aromatic heterocycles. The van der Waals surface area contributed by atoms with Gasteiger partial charge in [-0.25, -0.2) is 8.42 Å². The smallest absolute Gasteiger partial charge is 0.241 e. The van der Waals surface area contributed by atoms with Crippen molar-refractivity contribution >= 4 is 15.9 Å². The van der Waals surface area contributed by atoms with Crippen LogP contribution in [0.2, 0.25) is 0 Å². The van der Waals surface area contributed by atoms with Crippen molar-refractivity contribution in [3.63, 3.8) is 0 Å². The molecule has 0 aliphatic carbocycles. The van der Waals surface area contributed by atoms with Gasteiger partial charge in [0.25, 0.3) is 0 Å². The molecule has 35 heavy (non-hydrogen) atoms. The molecule has 0 aliphatic rings. The van der Waals surface area contributed by atoms with E-state index in [0.29, 0.717) is 23.7 Å². The average molecular weight is 497 g/mol. The topological polar surface area (TPSA) is 93.7 Å². The highest BCUT2D eigenvalue weighted by Gasteiger charge is 2.27. The number of ether oxygens (including phenoxy) is 2. The number of carbonyl (C=O) groups excluding carboxylic acids is 1. The Hall–Kier alpha value is -3.36. The molecule has 2 atom stereocenters. The van der Waals surface area contributed by atoms with Crippen molar-refractivity contribution in [3.05, 3.63) is 89.5 Å². The van der Waals surface area contributed by atoms with E-state index in [0.717, 1.165) is 11.1 Å². The van der Waals surface area contributed by atoms with Gasteiger partial charge in [0.2, 0.25) is 15.9 Å². The molecule has 0 fully saturated rings. The fraction of sp³-hybridized carbons (Fsp3) is 0.296. The molecule has 0 unspecified atom stereocenters. The van der Waals surface area contributed by atoms with Crippen LogP contribution < -0.4 is 19.5 Å². The number of hydrogen-bond acceptors (Lipinski definition) is 5. The number of aryl methyl sites for hydroxylation is 1. The van der Waals surface area contributed by atoms with E-state index in [1.807, 2.05) is 68.4 Å². The lowest BCUT2D eigenvalue weighted by Gasteiger charge is -2.22. The molecule has 3 rings (SSSR count). The van der Waals surface area contributed by atoms with Crippen LogP contribution in [0.4, 0.5) is 0 Å². The quantitative estimate of drug-likeness (QED) is 0.416. The molecule has 0 saturated carbocycles. The maximum atomic E-state index is 13.3. The van der Waals surface area contributed by atoms with Crippen LogP contribution in [0.1, 0.15) is 36.6 Å². The van der Waals surface area contributed by atoms with Crippen molar-refractivity contribution in [2.24, 2.45) is 0 Å². The zero-order valence-electron chi connectivity index (χ0n) is 20.4. The van der Waals surface area contributed by atoms with E-state index >= 15 is 0 Å². The zero-order valence-corrected chi connectivity index (χ0v) is 21.3. The van der Waals surface area contributed by atoms with Gasteiger partial charge in [-0.3, -0.25) is 4.79 Å². The highest BCUT2D eigenvalue weighted by Crippen LogP contribution is 2.23. The number of benzene rings is 3. The second kappa shape index (κ2) is 11.9. The number of carbonyl (C=O) groups is 1. The number of hydrogen-bond donors (Lipinski definition) is 2. The summed E-state index contributed by atoms with van der Waals surface area (Å²) in [6.07, 6.45) is 0.206. The summed E-state index contributed by atoms with van der Waals surface area (Å²) in [6.45, 7) is 5.99. The van der Waals surface area contributed by atoms with E-state index in [-0.39, 0.29) is 17.4 Å². The lowest BCUT2D eigenvalue weighted by molar-refractivity contribution is -0.123. The average Bonchev–Trinajstić information content (AvgIpc) is 2.85. The first-order chi connectivity index (χ1) is 16.7. The van der Waals surface area contributed by atoms with E-state index in [1.165, 1.54) is 6.07 Å². The van der Waals surface area contributed by atoms with E-state index < -0.39 is 22.0 Å². The maximum absolute atomic E-state index is 13.3. The summed E-state index contributed by atoms with van der Waals surface area (Å²) in [5.41, 5.74) is 2.42. The van der Waals surface area contributed by atoms with Gasteiger partial charge < -0.3 is 14.8 Å². The molecule has 2 N–H and O–H groups in total. The van der Waals surface area contributed by atoms with Crippen molar-refractivity contribution in [2.75, 3.05) is 13.7 Å². The van der Waals surface area contributed by atoms with Crippen LogP contribution in [0.3, 0.4) is 0 Å². The fourth-order valence-electron chi connectivity index (χ4n) is 3.69. The van der Waals surface area contributed by atoms with Crippen molar-refractivity contribution in [3.8, 4) is 11.5 Å². The van der Waals surface area contributed by atoms with Crippen LogP contribution in [0.15, 0.2) is 77.7 Å². The van der Waals surface area contributed by atoms with Gasteiger partial charge in [0.15, 0.2) is 0 Å². The SMILES string of the molecule is CCOc1ccc(S(=O)(=O)N[C@H](Cc2ccccc2)C(=O)N[C@H](C)c2ccc(OC)cc2)cc1C. The van der Waals surface area contributed by atoms with Gasteiger partial charge in [-0.1, -0.05) is 42.5 Å². The largest absolute Gasteiger partial charge is 0.497 e. The standard InChI is InChI=1S/C27H32N2O5S/c1-5-34-26-16-15-24(17-19(26)2)35(31,32)29-25(18-21-9-7-6-8-10-21)27(30)28-20(3)22-11-13-23(33-4)14-12-22/h6-17,20,25,29H,5,18H2,1-4H3,(H,28,30)/t20-,25-/m1/s1. The van der Waals surface area contributed by atoms with E-state index in [9.17, 15) is 13.2 Å². The molecular weight excluding hydrogens is 464 g/mol. The molecule has 0 radical (unpaired) electrons. The lowest BCUT2D eigenvalue weighted by Crippen LogP contribution is -2.48. The predicted molar refractivity (Wildman–Crippen MR) is 136 cm³/mol. The summed E-state index contributed by atoms with van der Waals surface area (Å²) in [4.78, 5) is 13.4. The molecule has 8 heteroatoms. The minimum atomic E-state index is -3.97. The Morgan fingerprint density at radius 2 is 1.69 bits per heavy atom. The Morgan fingerprint density at radius 3 is 2.29 bits per heavy atom. The van der Waals surface area contributed by atoms with Crippen molar-refractivity contribution in [1.29, 1.82) is 0 Å². The van der Waals surface area contributed by atoms with Crippen LogP contribution in [-0.4, -0.2) is 34.1 Å². The normalized spacial score (nSPS) is 13.0. The van der Waals surface area contributed by atoms with E-state index in [4.69, 9.17) is 9.47 Å². The third kappa shape index (κ3) is 7.07. The van der Waals surface area contributed by atoms with Crippen LogP contribution in [0.5, 0.6) is 11.5 Å². The third-order valence-corrected chi connectivity index (χ3v) is 7.10. The zero-order chi connectivity index (χ0) is 25.4. The fourth-order valence-corrected chi connectivity index (χ4v) is 4.97.